The summed E-state index contributed by atoms with van der Waals surface area (Å²) in [7, 11) is 0. The number of rotatable bonds is 7. The maximum absolute atomic E-state index is 5.31. The predicted octanol–water partition coefficient (Wildman–Crippen LogP) is 2.48. The van der Waals surface area contributed by atoms with E-state index in [1.165, 1.54) is 12.8 Å². The normalized spacial score (nSPS) is 15.7. The second-order valence-electron chi connectivity index (χ2n) is 4.33. The van der Waals surface area contributed by atoms with Gasteiger partial charge >= 0.3 is 0 Å². The molecule has 0 aromatic carbocycles. The first-order valence-electron chi connectivity index (χ1n) is 6.99. The number of ether oxygens (including phenoxy) is 1. The van der Waals surface area contributed by atoms with E-state index in [9.17, 15) is 0 Å². The van der Waals surface area contributed by atoms with Gasteiger partial charge in [0.05, 0.1) is 0 Å². The van der Waals surface area contributed by atoms with Gasteiger partial charge in [0.2, 0.25) is 0 Å². The molecular formula is C13H28IN3O. The van der Waals surface area contributed by atoms with Crippen LogP contribution in [-0.2, 0) is 4.74 Å². The molecule has 1 rings (SSSR count). The minimum absolute atomic E-state index is 0. The minimum atomic E-state index is 0. The van der Waals surface area contributed by atoms with Crippen LogP contribution in [0.15, 0.2) is 4.99 Å². The van der Waals surface area contributed by atoms with Gasteiger partial charge in [0.15, 0.2) is 5.96 Å². The van der Waals surface area contributed by atoms with Crippen molar-refractivity contribution in [1.82, 2.24) is 10.2 Å². The van der Waals surface area contributed by atoms with E-state index in [1.807, 2.05) is 6.92 Å². The van der Waals surface area contributed by atoms with Crippen LogP contribution in [-0.4, -0.2) is 50.3 Å². The Kier molecular flexibility index (Phi) is 12.0. The molecule has 5 heteroatoms. The number of aliphatic imine (C=N–C) groups is 1. The van der Waals surface area contributed by atoms with Crippen LogP contribution in [0.1, 0.15) is 39.5 Å². The zero-order valence-corrected chi connectivity index (χ0v) is 14.1. The minimum Gasteiger partial charge on any atom is -0.382 e. The number of unbranched alkanes of at least 4 members (excludes halogenated alkanes) is 1. The molecule has 1 heterocycles. The second-order valence-corrected chi connectivity index (χ2v) is 4.33. The van der Waals surface area contributed by atoms with E-state index in [-0.39, 0.29) is 24.0 Å². The van der Waals surface area contributed by atoms with E-state index in [2.05, 4.69) is 22.1 Å². The maximum Gasteiger partial charge on any atom is 0.193 e. The van der Waals surface area contributed by atoms with Crippen LogP contribution >= 0.6 is 24.0 Å². The number of likely N-dealkylation sites (tertiary alicyclic amines) is 1. The largest absolute Gasteiger partial charge is 0.382 e. The summed E-state index contributed by atoms with van der Waals surface area (Å²) in [5, 5.41) is 3.37. The van der Waals surface area contributed by atoms with Crippen LogP contribution in [0.25, 0.3) is 0 Å². The van der Waals surface area contributed by atoms with E-state index in [0.29, 0.717) is 0 Å². The van der Waals surface area contributed by atoms with Gasteiger partial charge in [-0.15, -0.1) is 24.0 Å². The van der Waals surface area contributed by atoms with Crippen molar-refractivity contribution in [2.24, 2.45) is 4.99 Å². The molecule has 1 fully saturated rings. The Morgan fingerprint density at radius 2 is 1.94 bits per heavy atom. The lowest BCUT2D eigenvalue weighted by Crippen LogP contribution is -2.39. The van der Waals surface area contributed by atoms with Crippen molar-refractivity contribution >= 4 is 29.9 Å². The van der Waals surface area contributed by atoms with E-state index in [4.69, 9.17) is 4.74 Å². The maximum atomic E-state index is 5.31. The van der Waals surface area contributed by atoms with Crippen LogP contribution in [0.4, 0.5) is 0 Å². The average Bonchev–Trinajstić information content (AvgIpc) is 2.86. The summed E-state index contributed by atoms with van der Waals surface area (Å²) in [5.74, 6) is 1.10. The van der Waals surface area contributed by atoms with Gasteiger partial charge in [-0.1, -0.05) is 0 Å². The highest BCUT2D eigenvalue weighted by molar-refractivity contribution is 14.0. The zero-order chi connectivity index (χ0) is 12.3. The van der Waals surface area contributed by atoms with Gasteiger partial charge in [0.1, 0.15) is 0 Å². The van der Waals surface area contributed by atoms with Crippen molar-refractivity contribution in [3.05, 3.63) is 0 Å². The molecule has 1 aliphatic heterocycles. The third-order valence-corrected chi connectivity index (χ3v) is 2.90. The van der Waals surface area contributed by atoms with Crippen LogP contribution in [0.5, 0.6) is 0 Å². The molecule has 0 radical (unpaired) electrons. The molecule has 1 aliphatic rings. The fourth-order valence-electron chi connectivity index (χ4n) is 2.00. The summed E-state index contributed by atoms with van der Waals surface area (Å²) in [6, 6.07) is 0. The molecule has 4 nitrogen and oxygen atoms in total. The summed E-state index contributed by atoms with van der Waals surface area (Å²) < 4.78 is 5.31. The lowest BCUT2D eigenvalue weighted by atomic mass is 10.3. The molecule has 0 amide bonds. The molecule has 0 bridgehead atoms. The van der Waals surface area contributed by atoms with Crippen molar-refractivity contribution in [3.63, 3.8) is 0 Å². The summed E-state index contributed by atoms with van der Waals surface area (Å²) in [5.41, 5.74) is 0. The van der Waals surface area contributed by atoms with Gasteiger partial charge in [-0.05, 0) is 39.5 Å². The summed E-state index contributed by atoms with van der Waals surface area (Å²) in [6.07, 6.45) is 4.82. The number of guanidine groups is 1. The molecule has 0 aromatic heterocycles. The third-order valence-electron chi connectivity index (χ3n) is 2.90. The molecule has 0 aromatic rings. The Hall–Kier alpha value is -0.0400. The van der Waals surface area contributed by atoms with E-state index >= 15 is 0 Å². The second kappa shape index (κ2) is 12.0. The number of hydrogen-bond donors (Lipinski definition) is 1. The predicted molar refractivity (Wildman–Crippen MR) is 87.9 cm³/mol. The van der Waals surface area contributed by atoms with Gasteiger partial charge < -0.3 is 15.0 Å². The van der Waals surface area contributed by atoms with Crippen molar-refractivity contribution < 1.29 is 4.74 Å². The Bertz CT molecular complexity index is 218. The van der Waals surface area contributed by atoms with Crippen molar-refractivity contribution in [2.45, 2.75) is 39.5 Å². The molecule has 0 atom stereocenters. The molecule has 0 aliphatic carbocycles. The lowest BCUT2D eigenvalue weighted by molar-refractivity contribution is 0.144. The van der Waals surface area contributed by atoms with Crippen molar-refractivity contribution in [2.75, 3.05) is 39.4 Å². The van der Waals surface area contributed by atoms with Gasteiger partial charge in [0, 0.05) is 39.4 Å². The third kappa shape index (κ3) is 7.41. The number of nitrogens with zero attached hydrogens (tertiary/aromatic N) is 2. The standard InChI is InChI=1S/C13H27N3O.HI/c1-3-14-13(16-10-6-7-11-16)15-9-5-8-12-17-4-2;/h3-12H2,1-2H3,(H,14,15);1H. The van der Waals surface area contributed by atoms with E-state index in [1.54, 1.807) is 0 Å². The Balaban J connectivity index is 0.00000289. The summed E-state index contributed by atoms with van der Waals surface area (Å²) >= 11 is 0. The van der Waals surface area contributed by atoms with E-state index in [0.717, 1.165) is 58.2 Å². The van der Waals surface area contributed by atoms with Crippen LogP contribution in [0, 0.1) is 0 Å². The fourth-order valence-corrected chi connectivity index (χ4v) is 2.00. The van der Waals surface area contributed by atoms with Gasteiger partial charge in [0.25, 0.3) is 0 Å². The summed E-state index contributed by atoms with van der Waals surface area (Å²) in [6.45, 7) is 10.0. The average molecular weight is 369 g/mol. The zero-order valence-electron chi connectivity index (χ0n) is 11.8. The lowest BCUT2D eigenvalue weighted by Gasteiger charge is -2.20. The Morgan fingerprint density at radius 1 is 1.22 bits per heavy atom. The molecule has 0 saturated carbocycles. The first-order valence-corrected chi connectivity index (χ1v) is 6.99. The van der Waals surface area contributed by atoms with Gasteiger partial charge in [-0.2, -0.15) is 0 Å². The number of halogens is 1. The van der Waals surface area contributed by atoms with Crippen molar-refractivity contribution in [1.29, 1.82) is 0 Å². The Morgan fingerprint density at radius 3 is 2.56 bits per heavy atom. The molecule has 18 heavy (non-hydrogen) atoms. The quantitative estimate of drug-likeness (QED) is 0.324. The molecular weight excluding hydrogens is 341 g/mol. The first kappa shape index (κ1) is 18.0. The molecule has 0 spiro atoms. The molecule has 0 unspecified atom stereocenters. The molecule has 1 N–H and O–H groups in total. The van der Waals surface area contributed by atoms with Crippen molar-refractivity contribution in [3.8, 4) is 0 Å². The topological polar surface area (TPSA) is 36.9 Å². The van der Waals surface area contributed by atoms with Gasteiger partial charge in [-0.25, -0.2) is 0 Å². The molecule has 1 saturated heterocycles. The monoisotopic (exact) mass is 369 g/mol. The number of nitrogens with one attached hydrogen (secondary N) is 1. The van der Waals surface area contributed by atoms with Crippen LogP contribution < -0.4 is 5.32 Å². The SMILES string of the molecule is CCNC(=NCCCCOCC)N1CCCC1.I. The van der Waals surface area contributed by atoms with Crippen LogP contribution in [0.3, 0.4) is 0 Å². The highest BCUT2D eigenvalue weighted by atomic mass is 127. The van der Waals surface area contributed by atoms with E-state index < -0.39 is 0 Å². The first-order chi connectivity index (χ1) is 8.38. The smallest absolute Gasteiger partial charge is 0.193 e. The van der Waals surface area contributed by atoms with Crippen LogP contribution in [0.2, 0.25) is 0 Å². The highest BCUT2D eigenvalue weighted by Gasteiger charge is 2.14. The Labute approximate surface area is 129 Å². The number of hydrogen-bond acceptors (Lipinski definition) is 2. The fraction of sp³-hybridized carbons (Fsp3) is 0.923. The molecule has 108 valence electrons. The highest BCUT2D eigenvalue weighted by Crippen LogP contribution is 2.07. The summed E-state index contributed by atoms with van der Waals surface area (Å²) in [4.78, 5) is 7.04. The van der Waals surface area contributed by atoms with Gasteiger partial charge in [-0.3, -0.25) is 4.99 Å².